The molecule has 6 heteroatoms. The quantitative estimate of drug-likeness (QED) is 0.780. The number of pyridine rings is 1. The van der Waals surface area contributed by atoms with Crippen molar-refractivity contribution < 1.29 is 9.32 Å². The number of aryl methyl sites for hydroxylation is 1. The van der Waals surface area contributed by atoms with Crippen LogP contribution in [0, 0.1) is 0 Å². The zero-order chi connectivity index (χ0) is 17.9. The summed E-state index contributed by atoms with van der Waals surface area (Å²) in [7, 11) is 0. The molecule has 1 N–H and O–H groups in total. The predicted octanol–water partition coefficient (Wildman–Crippen LogP) is 3.57. The number of amides is 1. The van der Waals surface area contributed by atoms with Crippen molar-refractivity contribution in [2.75, 3.05) is 11.9 Å². The van der Waals surface area contributed by atoms with Gasteiger partial charge in [0.2, 0.25) is 0 Å². The number of hydrogen-bond acceptors (Lipinski definition) is 5. The monoisotopic (exact) mass is 348 g/mol. The molecule has 2 aromatic heterocycles. The fraction of sp³-hybridized carbons (Fsp3) is 0.250. The lowest BCUT2D eigenvalue weighted by molar-refractivity contribution is 0.0729. The summed E-state index contributed by atoms with van der Waals surface area (Å²) >= 11 is 0. The van der Waals surface area contributed by atoms with Crippen molar-refractivity contribution in [3.63, 3.8) is 0 Å². The molecular weight excluding hydrogens is 328 g/mol. The van der Waals surface area contributed by atoms with Crippen LogP contribution in [0.5, 0.6) is 0 Å². The molecule has 0 saturated heterocycles. The van der Waals surface area contributed by atoms with Gasteiger partial charge in [-0.15, -0.1) is 0 Å². The lowest BCUT2D eigenvalue weighted by Crippen LogP contribution is -2.35. The standard InChI is InChI=1S/C20H20N4O2/c1-2-14-5-3-4-6-17(14)22-19-16-13-24(12-9-18(16)26-23-19)20(25)15-7-10-21-11-8-15/h3-8,10-11H,2,9,12-13H2,1H3,(H,22,23). The van der Waals surface area contributed by atoms with E-state index in [0.717, 1.165) is 23.4 Å². The van der Waals surface area contributed by atoms with Gasteiger partial charge < -0.3 is 14.7 Å². The molecule has 0 spiro atoms. The van der Waals surface area contributed by atoms with E-state index < -0.39 is 0 Å². The van der Waals surface area contributed by atoms with Crippen LogP contribution in [0.15, 0.2) is 53.3 Å². The Bertz CT molecular complexity index is 921. The van der Waals surface area contributed by atoms with Gasteiger partial charge >= 0.3 is 0 Å². The molecule has 0 fully saturated rings. The van der Waals surface area contributed by atoms with Crippen LogP contribution in [0.1, 0.15) is 34.2 Å². The number of nitrogens with zero attached hydrogens (tertiary/aromatic N) is 3. The summed E-state index contributed by atoms with van der Waals surface area (Å²) in [5.41, 5.74) is 3.82. The first kappa shape index (κ1) is 16.3. The zero-order valence-electron chi connectivity index (χ0n) is 14.6. The van der Waals surface area contributed by atoms with Gasteiger partial charge in [-0.2, -0.15) is 0 Å². The third-order valence-electron chi connectivity index (χ3n) is 4.69. The second kappa shape index (κ2) is 7.00. The molecule has 0 radical (unpaired) electrons. The van der Waals surface area contributed by atoms with Crippen LogP contribution in [-0.4, -0.2) is 27.5 Å². The van der Waals surface area contributed by atoms with Gasteiger partial charge in [0.1, 0.15) is 5.76 Å². The summed E-state index contributed by atoms with van der Waals surface area (Å²) in [5.74, 6) is 1.53. The molecule has 0 unspecified atom stereocenters. The van der Waals surface area contributed by atoms with Crippen LogP contribution in [-0.2, 0) is 19.4 Å². The van der Waals surface area contributed by atoms with Crippen molar-refractivity contribution in [2.45, 2.75) is 26.3 Å². The molecule has 1 amide bonds. The first-order valence-electron chi connectivity index (χ1n) is 8.78. The van der Waals surface area contributed by atoms with Gasteiger partial charge in [0.15, 0.2) is 5.82 Å². The molecule has 3 heterocycles. The molecule has 0 saturated carbocycles. The molecular formula is C20H20N4O2. The van der Waals surface area contributed by atoms with Crippen LogP contribution < -0.4 is 5.32 Å². The number of carbonyl (C=O) groups excluding carboxylic acids is 1. The molecule has 0 aliphatic carbocycles. The van der Waals surface area contributed by atoms with E-state index in [1.807, 2.05) is 23.1 Å². The number of para-hydroxylation sites is 1. The lowest BCUT2D eigenvalue weighted by Gasteiger charge is -2.26. The molecule has 26 heavy (non-hydrogen) atoms. The Balaban J connectivity index is 1.58. The SMILES string of the molecule is CCc1ccccc1Nc1noc2c1CN(C(=O)c1ccncc1)CC2. The van der Waals surface area contributed by atoms with Gasteiger partial charge in [-0.25, -0.2) is 0 Å². The van der Waals surface area contributed by atoms with Crippen molar-refractivity contribution in [1.82, 2.24) is 15.0 Å². The van der Waals surface area contributed by atoms with E-state index in [1.54, 1.807) is 24.5 Å². The smallest absolute Gasteiger partial charge is 0.254 e. The average Bonchev–Trinajstić information content (AvgIpc) is 3.10. The molecule has 3 aromatic rings. The number of benzene rings is 1. The molecule has 0 bridgehead atoms. The maximum Gasteiger partial charge on any atom is 0.254 e. The van der Waals surface area contributed by atoms with Gasteiger partial charge in [0.05, 0.1) is 12.1 Å². The van der Waals surface area contributed by atoms with Crippen LogP contribution in [0.2, 0.25) is 0 Å². The van der Waals surface area contributed by atoms with Crippen molar-refractivity contribution in [3.8, 4) is 0 Å². The molecule has 1 aliphatic heterocycles. The van der Waals surface area contributed by atoms with Gasteiger partial charge in [-0.3, -0.25) is 9.78 Å². The summed E-state index contributed by atoms with van der Waals surface area (Å²) < 4.78 is 5.51. The number of carbonyl (C=O) groups is 1. The zero-order valence-corrected chi connectivity index (χ0v) is 14.6. The Morgan fingerprint density at radius 3 is 2.85 bits per heavy atom. The number of fused-ring (bicyclic) bond motifs is 1. The maximum atomic E-state index is 12.7. The summed E-state index contributed by atoms with van der Waals surface area (Å²) in [5, 5.41) is 7.58. The van der Waals surface area contributed by atoms with E-state index in [4.69, 9.17) is 4.52 Å². The third-order valence-corrected chi connectivity index (χ3v) is 4.69. The Kier molecular flexibility index (Phi) is 4.39. The second-order valence-electron chi connectivity index (χ2n) is 6.28. The summed E-state index contributed by atoms with van der Waals surface area (Å²) in [6.07, 6.45) is 4.86. The molecule has 0 atom stereocenters. The van der Waals surface area contributed by atoms with Crippen molar-refractivity contribution in [2.24, 2.45) is 0 Å². The van der Waals surface area contributed by atoms with Gasteiger partial charge in [0.25, 0.3) is 5.91 Å². The Morgan fingerprint density at radius 1 is 1.23 bits per heavy atom. The summed E-state index contributed by atoms with van der Waals surface area (Å²) in [4.78, 5) is 18.5. The lowest BCUT2D eigenvalue weighted by atomic mass is 10.1. The Hall–Kier alpha value is -3.15. The molecule has 6 nitrogen and oxygen atoms in total. The highest BCUT2D eigenvalue weighted by molar-refractivity contribution is 5.94. The van der Waals surface area contributed by atoms with E-state index in [-0.39, 0.29) is 5.91 Å². The Morgan fingerprint density at radius 2 is 2.04 bits per heavy atom. The average molecular weight is 348 g/mol. The first-order valence-corrected chi connectivity index (χ1v) is 8.78. The number of nitrogens with one attached hydrogen (secondary N) is 1. The molecule has 4 rings (SSSR count). The maximum absolute atomic E-state index is 12.7. The van der Waals surface area contributed by atoms with E-state index in [2.05, 4.69) is 28.4 Å². The van der Waals surface area contributed by atoms with Crippen molar-refractivity contribution >= 4 is 17.4 Å². The highest BCUT2D eigenvalue weighted by Crippen LogP contribution is 2.30. The predicted molar refractivity (Wildman–Crippen MR) is 98.3 cm³/mol. The second-order valence-corrected chi connectivity index (χ2v) is 6.28. The van der Waals surface area contributed by atoms with E-state index in [1.165, 1.54) is 5.56 Å². The van der Waals surface area contributed by atoms with Gasteiger partial charge in [-0.1, -0.05) is 30.3 Å². The third kappa shape index (κ3) is 3.06. The minimum Gasteiger partial charge on any atom is -0.359 e. The van der Waals surface area contributed by atoms with E-state index in [9.17, 15) is 4.79 Å². The molecule has 1 aromatic carbocycles. The fourth-order valence-corrected chi connectivity index (χ4v) is 3.24. The summed E-state index contributed by atoms with van der Waals surface area (Å²) in [6, 6.07) is 11.6. The molecule has 132 valence electrons. The number of hydrogen-bond donors (Lipinski definition) is 1. The van der Waals surface area contributed by atoms with Crippen LogP contribution in [0.25, 0.3) is 0 Å². The van der Waals surface area contributed by atoms with Gasteiger partial charge in [0, 0.05) is 36.6 Å². The van der Waals surface area contributed by atoms with Crippen LogP contribution in [0.3, 0.4) is 0 Å². The Labute approximate surface area is 151 Å². The largest absolute Gasteiger partial charge is 0.359 e. The van der Waals surface area contributed by atoms with Crippen molar-refractivity contribution in [3.05, 3.63) is 71.2 Å². The molecule has 1 aliphatic rings. The number of anilines is 2. The first-order chi connectivity index (χ1) is 12.8. The number of aromatic nitrogens is 2. The van der Waals surface area contributed by atoms with Crippen LogP contribution in [0.4, 0.5) is 11.5 Å². The minimum absolute atomic E-state index is 0.000779. The number of rotatable bonds is 4. The van der Waals surface area contributed by atoms with Crippen LogP contribution >= 0.6 is 0 Å². The van der Waals surface area contributed by atoms with Crippen molar-refractivity contribution in [1.29, 1.82) is 0 Å². The highest BCUT2D eigenvalue weighted by Gasteiger charge is 2.27. The normalized spacial score (nSPS) is 13.3. The van der Waals surface area contributed by atoms with E-state index in [0.29, 0.717) is 30.9 Å². The fourth-order valence-electron chi connectivity index (χ4n) is 3.24. The minimum atomic E-state index is -0.000779. The highest BCUT2D eigenvalue weighted by atomic mass is 16.5. The topological polar surface area (TPSA) is 71.3 Å². The van der Waals surface area contributed by atoms with Gasteiger partial charge in [-0.05, 0) is 30.2 Å². The summed E-state index contributed by atoms with van der Waals surface area (Å²) in [6.45, 7) is 3.22. The van der Waals surface area contributed by atoms with E-state index >= 15 is 0 Å².